The number of benzene rings is 2. The van der Waals surface area contributed by atoms with Gasteiger partial charge in [-0.3, -0.25) is 4.79 Å². The molecule has 0 radical (unpaired) electrons. The first-order valence-corrected chi connectivity index (χ1v) is 9.81. The van der Waals surface area contributed by atoms with Gasteiger partial charge in [0.15, 0.2) is 5.96 Å². The summed E-state index contributed by atoms with van der Waals surface area (Å²) in [5.41, 5.74) is 1.54. The number of carbonyl (C=O) groups excluding carboxylic acids is 1. The number of amides is 1. The molecule has 6 nitrogen and oxygen atoms in total. The quantitative estimate of drug-likeness (QED) is 0.264. The van der Waals surface area contributed by atoms with Gasteiger partial charge in [-0.1, -0.05) is 25.1 Å². The highest BCUT2D eigenvalue weighted by Crippen LogP contribution is 2.14. The predicted molar refractivity (Wildman–Crippen MR) is 129 cm³/mol. The summed E-state index contributed by atoms with van der Waals surface area (Å²) in [6.07, 6.45) is 0.633. The molecule has 1 atom stereocenters. The summed E-state index contributed by atoms with van der Waals surface area (Å²) in [5, 5.41) is 9.08. The van der Waals surface area contributed by atoms with Crippen LogP contribution < -0.4 is 20.7 Å². The fourth-order valence-corrected chi connectivity index (χ4v) is 2.68. The molecule has 0 spiro atoms. The number of aliphatic imine (C=N–C) groups is 1. The van der Waals surface area contributed by atoms with Crippen molar-refractivity contribution in [2.24, 2.45) is 4.99 Å². The summed E-state index contributed by atoms with van der Waals surface area (Å²) in [5.74, 6) is 0.714. The van der Waals surface area contributed by atoms with Gasteiger partial charge in [0.1, 0.15) is 17.7 Å². The van der Waals surface area contributed by atoms with E-state index in [4.69, 9.17) is 4.74 Å². The maximum Gasteiger partial charge on any atom is 0.251 e. The third kappa shape index (κ3) is 8.56. The Bertz CT molecular complexity index is 832. The van der Waals surface area contributed by atoms with Gasteiger partial charge >= 0.3 is 0 Å². The minimum atomic E-state index is -0.320. The first kappa shape index (κ1) is 25.7. The second-order valence-electron chi connectivity index (χ2n) is 6.46. The lowest BCUT2D eigenvalue weighted by atomic mass is 10.1. The van der Waals surface area contributed by atoms with Crippen LogP contribution in [0.4, 0.5) is 4.39 Å². The van der Waals surface area contributed by atoms with Crippen LogP contribution in [-0.4, -0.2) is 38.1 Å². The van der Waals surface area contributed by atoms with E-state index in [1.54, 1.807) is 25.2 Å². The maximum atomic E-state index is 13.3. The van der Waals surface area contributed by atoms with Crippen molar-refractivity contribution >= 4 is 35.8 Å². The third-order valence-electron chi connectivity index (χ3n) is 4.23. The van der Waals surface area contributed by atoms with Gasteiger partial charge in [-0.2, -0.15) is 0 Å². The largest absolute Gasteiger partial charge is 0.489 e. The Hall–Kier alpha value is -2.36. The molecule has 0 aliphatic rings. The number of ether oxygens (including phenoxy) is 1. The molecule has 0 fully saturated rings. The summed E-state index contributed by atoms with van der Waals surface area (Å²) in [6.45, 7) is 5.68. The molecule has 0 aromatic heterocycles. The van der Waals surface area contributed by atoms with E-state index in [-0.39, 0.29) is 41.8 Å². The lowest BCUT2D eigenvalue weighted by Gasteiger charge is -2.20. The second-order valence-corrected chi connectivity index (χ2v) is 6.46. The molecule has 164 valence electrons. The number of rotatable bonds is 9. The lowest BCUT2D eigenvalue weighted by Crippen LogP contribution is -2.42. The Morgan fingerprint density at radius 1 is 1.13 bits per heavy atom. The van der Waals surface area contributed by atoms with Gasteiger partial charge in [-0.15, -0.1) is 24.0 Å². The van der Waals surface area contributed by atoms with E-state index in [0.717, 1.165) is 12.0 Å². The van der Waals surface area contributed by atoms with Crippen molar-refractivity contribution in [1.29, 1.82) is 0 Å². The maximum absolute atomic E-state index is 13.3. The Morgan fingerprint density at radius 2 is 1.90 bits per heavy atom. The van der Waals surface area contributed by atoms with Gasteiger partial charge in [0.2, 0.25) is 0 Å². The molecule has 2 rings (SSSR count). The Morgan fingerprint density at radius 3 is 2.57 bits per heavy atom. The van der Waals surface area contributed by atoms with E-state index in [9.17, 15) is 9.18 Å². The smallest absolute Gasteiger partial charge is 0.251 e. The zero-order valence-corrected chi connectivity index (χ0v) is 19.9. The third-order valence-corrected chi connectivity index (χ3v) is 4.23. The average Bonchev–Trinajstić information content (AvgIpc) is 2.74. The van der Waals surface area contributed by atoms with E-state index >= 15 is 0 Å². The van der Waals surface area contributed by atoms with Crippen molar-refractivity contribution in [2.45, 2.75) is 32.9 Å². The van der Waals surface area contributed by atoms with Crippen molar-refractivity contribution in [3.63, 3.8) is 0 Å². The van der Waals surface area contributed by atoms with E-state index < -0.39 is 0 Å². The van der Waals surface area contributed by atoms with Gasteiger partial charge in [0, 0.05) is 25.2 Å². The average molecular weight is 528 g/mol. The van der Waals surface area contributed by atoms with Crippen LogP contribution >= 0.6 is 24.0 Å². The highest BCUT2D eigenvalue weighted by atomic mass is 127. The summed E-state index contributed by atoms with van der Waals surface area (Å²) >= 11 is 0. The number of halogens is 2. The number of nitrogens with one attached hydrogen (secondary N) is 3. The topological polar surface area (TPSA) is 74.8 Å². The Balaban J connectivity index is 0.00000450. The highest BCUT2D eigenvalue weighted by Gasteiger charge is 2.10. The minimum Gasteiger partial charge on any atom is -0.489 e. The molecule has 0 bridgehead atoms. The molecule has 1 unspecified atom stereocenters. The molecule has 0 heterocycles. The molecule has 3 N–H and O–H groups in total. The fraction of sp³-hybridized carbons (Fsp3) is 0.364. The molecule has 2 aromatic rings. The van der Waals surface area contributed by atoms with Gasteiger partial charge in [0.25, 0.3) is 5.91 Å². The summed E-state index contributed by atoms with van der Waals surface area (Å²) in [4.78, 5) is 16.4. The summed E-state index contributed by atoms with van der Waals surface area (Å²) < 4.78 is 19.2. The zero-order chi connectivity index (χ0) is 21.1. The zero-order valence-electron chi connectivity index (χ0n) is 17.6. The van der Waals surface area contributed by atoms with Gasteiger partial charge in [-0.25, -0.2) is 9.38 Å². The monoisotopic (exact) mass is 528 g/mol. The first-order valence-electron chi connectivity index (χ1n) is 9.81. The van der Waals surface area contributed by atoms with Crippen molar-refractivity contribution in [3.8, 4) is 5.75 Å². The van der Waals surface area contributed by atoms with E-state index in [1.165, 1.54) is 12.1 Å². The molecule has 0 saturated heterocycles. The van der Waals surface area contributed by atoms with Gasteiger partial charge < -0.3 is 20.7 Å². The highest BCUT2D eigenvalue weighted by molar-refractivity contribution is 14.0. The van der Waals surface area contributed by atoms with Gasteiger partial charge in [-0.05, 0) is 43.2 Å². The van der Waals surface area contributed by atoms with Crippen molar-refractivity contribution < 1.29 is 13.9 Å². The second kappa shape index (κ2) is 13.8. The van der Waals surface area contributed by atoms with Crippen LogP contribution in [0.1, 0.15) is 36.2 Å². The Labute approximate surface area is 194 Å². The lowest BCUT2D eigenvalue weighted by molar-refractivity contribution is 0.0963. The standard InChI is InChI=1S/C22H29FN4O2.HI/c1-4-19(29-20-11-7-10-18(23)13-20)15-27-22(25-5-2)26-14-16-8-6-9-17(12-16)21(28)24-3;/h6-13,19H,4-5,14-15H2,1-3H3,(H,24,28)(H2,25,26,27);1H. The number of guanidine groups is 1. The van der Waals surface area contributed by atoms with Crippen LogP contribution in [0.2, 0.25) is 0 Å². The van der Waals surface area contributed by atoms with E-state index in [1.807, 2.05) is 32.0 Å². The number of carbonyl (C=O) groups is 1. The van der Waals surface area contributed by atoms with Crippen LogP contribution in [0, 0.1) is 5.82 Å². The Kier molecular flexibility index (Phi) is 11.8. The fourth-order valence-electron chi connectivity index (χ4n) is 2.68. The van der Waals surface area contributed by atoms with Gasteiger partial charge in [0.05, 0.1) is 13.1 Å². The van der Waals surface area contributed by atoms with Crippen LogP contribution in [0.25, 0.3) is 0 Å². The molecule has 1 amide bonds. The summed E-state index contributed by atoms with van der Waals surface area (Å²) in [6, 6.07) is 13.5. The SMILES string of the molecule is CCNC(=NCc1cccc(C(=O)NC)c1)NCC(CC)Oc1cccc(F)c1.I. The van der Waals surface area contributed by atoms with Crippen molar-refractivity contribution in [2.75, 3.05) is 20.1 Å². The van der Waals surface area contributed by atoms with Crippen molar-refractivity contribution in [3.05, 3.63) is 65.5 Å². The van der Waals surface area contributed by atoms with Crippen LogP contribution in [-0.2, 0) is 6.54 Å². The number of hydrogen-bond acceptors (Lipinski definition) is 3. The molecule has 8 heteroatoms. The molecule has 0 saturated carbocycles. The normalized spacial score (nSPS) is 11.8. The predicted octanol–water partition coefficient (Wildman–Crippen LogP) is 3.72. The minimum absolute atomic E-state index is 0. The molecular weight excluding hydrogens is 498 g/mol. The van der Waals surface area contributed by atoms with Crippen molar-refractivity contribution in [1.82, 2.24) is 16.0 Å². The molecule has 0 aliphatic carbocycles. The van der Waals surface area contributed by atoms with Crippen LogP contribution in [0.15, 0.2) is 53.5 Å². The molecule has 0 aliphatic heterocycles. The van der Waals surface area contributed by atoms with Crippen LogP contribution in [0.3, 0.4) is 0 Å². The first-order chi connectivity index (χ1) is 14.0. The van der Waals surface area contributed by atoms with Crippen LogP contribution in [0.5, 0.6) is 5.75 Å². The summed E-state index contributed by atoms with van der Waals surface area (Å²) in [7, 11) is 1.61. The number of nitrogens with zero attached hydrogens (tertiary/aromatic N) is 1. The molecule has 30 heavy (non-hydrogen) atoms. The number of hydrogen-bond donors (Lipinski definition) is 3. The molecule has 2 aromatic carbocycles. The van der Waals surface area contributed by atoms with E-state index in [2.05, 4.69) is 20.9 Å². The molecular formula is C22H30FIN4O2. The van der Waals surface area contributed by atoms with E-state index in [0.29, 0.717) is 36.9 Å².